The first-order valence-electron chi connectivity index (χ1n) is 6.78. The van der Waals surface area contributed by atoms with Crippen molar-refractivity contribution in [3.63, 3.8) is 0 Å². The Morgan fingerprint density at radius 1 is 1.40 bits per heavy atom. The minimum absolute atomic E-state index is 0.0852. The summed E-state index contributed by atoms with van der Waals surface area (Å²) in [6.45, 7) is 4.20. The summed E-state index contributed by atoms with van der Waals surface area (Å²) in [5.74, 6) is -0.371. The molecule has 4 nitrogen and oxygen atoms in total. The number of nitrogens with zero attached hydrogens (tertiary/aromatic N) is 1. The van der Waals surface area contributed by atoms with E-state index < -0.39 is 6.04 Å². The number of likely N-dealkylation sites (N-methyl/N-ethyl adjacent to an activating group) is 1. The smallest absolute Gasteiger partial charge is 0.237 e. The molecule has 112 valence electrons. The van der Waals surface area contributed by atoms with Crippen LogP contribution in [0.3, 0.4) is 0 Å². The molecule has 0 fully saturated rings. The summed E-state index contributed by atoms with van der Waals surface area (Å²) in [5, 5.41) is 2.84. The molecule has 0 radical (unpaired) electrons. The third-order valence-electron chi connectivity index (χ3n) is 3.35. The van der Waals surface area contributed by atoms with Crippen LogP contribution < -0.4 is 11.1 Å². The first-order valence-corrected chi connectivity index (χ1v) is 6.78. The lowest BCUT2D eigenvalue weighted by Gasteiger charge is -2.26. The van der Waals surface area contributed by atoms with E-state index in [2.05, 4.69) is 5.32 Å². The molecule has 1 aromatic carbocycles. The Bertz CT molecular complexity index is 448. The molecular formula is C15H24FN3O. The lowest BCUT2D eigenvalue weighted by molar-refractivity contribution is -0.123. The fraction of sp³-hybridized carbons (Fsp3) is 0.533. The van der Waals surface area contributed by atoms with Crippen LogP contribution >= 0.6 is 0 Å². The lowest BCUT2D eigenvalue weighted by atomic mass is 10.0. The third kappa shape index (κ3) is 4.58. The van der Waals surface area contributed by atoms with Gasteiger partial charge in [0.05, 0.1) is 12.1 Å². The molecule has 0 aliphatic heterocycles. The average molecular weight is 281 g/mol. The van der Waals surface area contributed by atoms with Gasteiger partial charge in [-0.1, -0.05) is 26.0 Å². The summed E-state index contributed by atoms with van der Waals surface area (Å²) < 4.78 is 13.3. The van der Waals surface area contributed by atoms with Gasteiger partial charge in [-0.05, 0) is 37.7 Å². The van der Waals surface area contributed by atoms with Crippen molar-refractivity contribution >= 4 is 5.91 Å². The second-order valence-corrected chi connectivity index (χ2v) is 5.55. The van der Waals surface area contributed by atoms with Gasteiger partial charge in [-0.15, -0.1) is 0 Å². The van der Waals surface area contributed by atoms with Crippen molar-refractivity contribution in [2.45, 2.75) is 25.9 Å². The van der Waals surface area contributed by atoms with Crippen LogP contribution in [0.15, 0.2) is 24.3 Å². The standard InChI is InChI=1S/C15H24FN3O/c1-10(2)14(17)15(20)18-9-13(19(3)4)11-6-5-7-12(16)8-11/h5-8,10,13-14H,9,17H2,1-4H3,(H,18,20)/t13?,14-/m0/s1. The highest BCUT2D eigenvalue weighted by Crippen LogP contribution is 2.18. The summed E-state index contributed by atoms with van der Waals surface area (Å²) in [5.41, 5.74) is 6.63. The van der Waals surface area contributed by atoms with Gasteiger partial charge < -0.3 is 16.0 Å². The maximum absolute atomic E-state index is 13.3. The Kier molecular flexibility index (Phi) is 6.10. The van der Waals surface area contributed by atoms with E-state index in [1.165, 1.54) is 12.1 Å². The molecule has 3 N–H and O–H groups in total. The SMILES string of the molecule is CC(C)[C@H](N)C(=O)NCC(c1cccc(F)c1)N(C)C. The molecule has 0 saturated heterocycles. The van der Waals surface area contributed by atoms with Gasteiger partial charge in [0.2, 0.25) is 5.91 Å². The van der Waals surface area contributed by atoms with Crippen LogP contribution in [0.2, 0.25) is 0 Å². The molecule has 1 rings (SSSR count). The highest BCUT2D eigenvalue weighted by Gasteiger charge is 2.20. The normalized spacial score (nSPS) is 14.4. The highest BCUT2D eigenvalue weighted by molar-refractivity contribution is 5.81. The molecule has 0 spiro atoms. The first-order chi connectivity index (χ1) is 9.32. The minimum atomic E-state index is -0.523. The number of amides is 1. The number of benzene rings is 1. The van der Waals surface area contributed by atoms with Gasteiger partial charge in [0.1, 0.15) is 5.82 Å². The van der Waals surface area contributed by atoms with Crippen LogP contribution in [0.5, 0.6) is 0 Å². The topological polar surface area (TPSA) is 58.4 Å². The third-order valence-corrected chi connectivity index (χ3v) is 3.35. The Hall–Kier alpha value is -1.46. The average Bonchev–Trinajstić information content (AvgIpc) is 2.37. The number of nitrogens with two attached hydrogens (primary N) is 1. The number of hydrogen-bond acceptors (Lipinski definition) is 3. The highest BCUT2D eigenvalue weighted by atomic mass is 19.1. The van der Waals surface area contributed by atoms with Gasteiger partial charge >= 0.3 is 0 Å². The molecule has 0 bridgehead atoms. The van der Waals surface area contributed by atoms with Gasteiger partial charge in [-0.25, -0.2) is 4.39 Å². The molecule has 0 aliphatic carbocycles. The number of hydrogen-bond donors (Lipinski definition) is 2. The van der Waals surface area contributed by atoms with Crippen LogP contribution in [-0.2, 0) is 4.79 Å². The zero-order chi connectivity index (χ0) is 15.3. The van der Waals surface area contributed by atoms with Crippen LogP contribution in [0, 0.1) is 11.7 Å². The number of halogens is 1. The number of carbonyl (C=O) groups excluding carboxylic acids is 1. The van der Waals surface area contributed by atoms with Gasteiger partial charge in [0.15, 0.2) is 0 Å². The Morgan fingerprint density at radius 2 is 2.05 bits per heavy atom. The van der Waals surface area contributed by atoms with E-state index in [4.69, 9.17) is 5.73 Å². The molecule has 0 saturated carbocycles. The van der Waals surface area contributed by atoms with Crippen LogP contribution in [-0.4, -0.2) is 37.5 Å². The fourth-order valence-corrected chi connectivity index (χ4v) is 1.93. The van der Waals surface area contributed by atoms with E-state index in [9.17, 15) is 9.18 Å². The summed E-state index contributed by atoms with van der Waals surface area (Å²) >= 11 is 0. The molecule has 2 atom stereocenters. The van der Waals surface area contributed by atoms with Crippen molar-refractivity contribution in [1.29, 1.82) is 0 Å². The van der Waals surface area contributed by atoms with Crippen molar-refractivity contribution < 1.29 is 9.18 Å². The summed E-state index contributed by atoms with van der Waals surface area (Å²) in [4.78, 5) is 13.8. The molecule has 0 aromatic heterocycles. The van der Waals surface area contributed by atoms with Gasteiger partial charge in [0, 0.05) is 6.54 Å². The molecule has 1 aromatic rings. The zero-order valence-corrected chi connectivity index (χ0v) is 12.6. The predicted octanol–water partition coefficient (Wildman–Crippen LogP) is 1.53. The van der Waals surface area contributed by atoms with E-state index in [-0.39, 0.29) is 23.7 Å². The molecule has 20 heavy (non-hydrogen) atoms. The number of rotatable bonds is 6. The Labute approximate surface area is 120 Å². The molecule has 0 heterocycles. The zero-order valence-electron chi connectivity index (χ0n) is 12.6. The molecule has 5 heteroatoms. The summed E-state index contributed by atoms with van der Waals surface area (Å²) in [6, 6.07) is 5.80. The van der Waals surface area contributed by atoms with Crippen LogP contribution in [0.1, 0.15) is 25.5 Å². The first kappa shape index (κ1) is 16.6. The van der Waals surface area contributed by atoms with Gasteiger partial charge in [0.25, 0.3) is 0 Å². The van der Waals surface area contributed by atoms with Crippen molar-refractivity contribution in [2.24, 2.45) is 11.7 Å². The molecule has 1 amide bonds. The lowest BCUT2D eigenvalue weighted by Crippen LogP contribution is -2.46. The molecule has 1 unspecified atom stereocenters. The van der Waals surface area contributed by atoms with Gasteiger partial charge in [-0.2, -0.15) is 0 Å². The number of nitrogens with one attached hydrogen (secondary N) is 1. The van der Waals surface area contributed by atoms with Crippen LogP contribution in [0.4, 0.5) is 4.39 Å². The second kappa shape index (κ2) is 7.36. The predicted molar refractivity (Wildman–Crippen MR) is 78.7 cm³/mol. The van der Waals surface area contributed by atoms with Crippen molar-refractivity contribution in [3.05, 3.63) is 35.6 Å². The van der Waals surface area contributed by atoms with Crippen molar-refractivity contribution in [2.75, 3.05) is 20.6 Å². The Balaban J connectivity index is 2.72. The van der Waals surface area contributed by atoms with E-state index in [1.54, 1.807) is 6.07 Å². The largest absolute Gasteiger partial charge is 0.353 e. The van der Waals surface area contributed by atoms with E-state index in [0.29, 0.717) is 6.54 Å². The van der Waals surface area contributed by atoms with E-state index >= 15 is 0 Å². The quantitative estimate of drug-likeness (QED) is 0.831. The maximum Gasteiger partial charge on any atom is 0.237 e. The molecular weight excluding hydrogens is 257 g/mol. The fourth-order valence-electron chi connectivity index (χ4n) is 1.93. The summed E-state index contributed by atoms with van der Waals surface area (Å²) in [6.07, 6.45) is 0. The van der Waals surface area contributed by atoms with E-state index in [1.807, 2.05) is 38.9 Å². The van der Waals surface area contributed by atoms with Crippen molar-refractivity contribution in [1.82, 2.24) is 10.2 Å². The minimum Gasteiger partial charge on any atom is -0.353 e. The summed E-state index contributed by atoms with van der Waals surface area (Å²) in [7, 11) is 3.79. The maximum atomic E-state index is 13.3. The van der Waals surface area contributed by atoms with Crippen molar-refractivity contribution in [3.8, 4) is 0 Å². The van der Waals surface area contributed by atoms with Crippen LogP contribution in [0.25, 0.3) is 0 Å². The Morgan fingerprint density at radius 3 is 2.55 bits per heavy atom. The van der Waals surface area contributed by atoms with E-state index in [0.717, 1.165) is 5.56 Å². The monoisotopic (exact) mass is 281 g/mol. The van der Waals surface area contributed by atoms with Gasteiger partial charge in [-0.3, -0.25) is 4.79 Å². The number of carbonyl (C=O) groups is 1. The molecule has 0 aliphatic rings. The second-order valence-electron chi connectivity index (χ2n) is 5.55.